The average molecular weight is 284 g/mol. The van der Waals surface area contributed by atoms with Gasteiger partial charge in [-0.05, 0) is 31.5 Å². The SMILES string of the molecule is CCCC(C)(NC(=O)c1cccc(Cl)c1)C(=O)OC. The van der Waals surface area contributed by atoms with E-state index in [1.54, 1.807) is 31.2 Å². The summed E-state index contributed by atoms with van der Waals surface area (Å²) in [4.78, 5) is 23.9. The van der Waals surface area contributed by atoms with Crippen LogP contribution in [0.4, 0.5) is 0 Å². The van der Waals surface area contributed by atoms with Crippen molar-refractivity contribution >= 4 is 23.5 Å². The fourth-order valence-corrected chi connectivity index (χ4v) is 2.08. The largest absolute Gasteiger partial charge is 0.467 e. The van der Waals surface area contributed by atoms with E-state index in [1.807, 2.05) is 6.92 Å². The van der Waals surface area contributed by atoms with E-state index in [0.29, 0.717) is 17.0 Å². The van der Waals surface area contributed by atoms with Crippen molar-refractivity contribution in [3.8, 4) is 0 Å². The maximum Gasteiger partial charge on any atom is 0.331 e. The Hall–Kier alpha value is -1.55. The Kier molecular flexibility index (Phi) is 5.36. The first-order valence-corrected chi connectivity index (χ1v) is 6.47. The fourth-order valence-electron chi connectivity index (χ4n) is 1.89. The van der Waals surface area contributed by atoms with E-state index in [-0.39, 0.29) is 5.91 Å². The number of nitrogens with one attached hydrogen (secondary N) is 1. The molecule has 0 saturated carbocycles. The van der Waals surface area contributed by atoms with Crippen molar-refractivity contribution in [1.29, 1.82) is 0 Å². The number of methoxy groups -OCH3 is 1. The molecular formula is C14H18ClNO3. The number of hydrogen-bond acceptors (Lipinski definition) is 3. The van der Waals surface area contributed by atoms with Crippen molar-refractivity contribution in [3.05, 3.63) is 34.9 Å². The van der Waals surface area contributed by atoms with Crippen molar-refractivity contribution in [2.24, 2.45) is 0 Å². The molecule has 0 aliphatic rings. The first-order valence-electron chi connectivity index (χ1n) is 6.09. The third-order valence-corrected chi connectivity index (χ3v) is 3.10. The van der Waals surface area contributed by atoms with E-state index in [0.717, 1.165) is 6.42 Å². The highest BCUT2D eigenvalue weighted by atomic mass is 35.5. The van der Waals surface area contributed by atoms with Crippen LogP contribution in [-0.2, 0) is 9.53 Å². The van der Waals surface area contributed by atoms with Crippen LogP contribution >= 0.6 is 11.6 Å². The van der Waals surface area contributed by atoms with Crippen molar-refractivity contribution in [1.82, 2.24) is 5.32 Å². The molecule has 1 amide bonds. The zero-order valence-corrected chi connectivity index (χ0v) is 12.1. The molecular weight excluding hydrogens is 266 g/mol. The summed E-state index contributed by atoms with van der Waals surface area (Å²) >= 11 is 5.84. The molecule has 1 rings (SSSR count). The number of benzene rings is 1. The van der Waals surface area contributed by atoms with Crippen molar-refractivity contribution in [3.63, 3.8) is 0 Å². The molecule has 1 N–H and O–H groups in total. The number of rotatable bonds is 5. The van der Waals surface area contributed by atoms with Gasteiger partial charge in [0.1, 0.15) is 5.54 Å². The van der Waals surface area contributed by atoms with Crippen molar-refractivity contribution in [2.45, 2.75) is 32.2 Å². The average Bonchev–Trinajstić information content (AvgIpc) is 2.37. The molecule has 0 aliphatic heterocycles. The molecule has 1 aromatic rings. The second-order valence-electron chi connectivity index (χ2n) is 4.54. The van der Waals surface area contributed by atoms with Crippen molar-refractivity contribution < 1.29 is 14.3 Å². The van der Waals surface area contributed by atoms with Gasteiger partial charge in [0.2, 0.25) is 0 Å². The van der Waals surface area contributed by atoms with E-state index in [1.165, 1.54) is 7.11 Å². The van der Waals surface area contributed by atoms with E-state index in [9.17, 15) is 9.59 Å². The highest BCUT2D eigenvalue weighted by Crippen LogP contribution is 2.17. The van der Waals surface area contributed by atoms with Crippen LogP contribution < -0.4 is 5.32 Å². The molecule has 1 unspecified atom stereocenters. The van der Waals surface area contributed by atoms with Crippen LogP contribution in [0.1, 0.15) is 37.0 Å². The molecule has 0 spiro atoms. The lowest BCUT2D eigenvalue weighted by atomic mass is 9.95. The molecule has 104 valence electrons. The first-order chi connectivity index (χ1) is 8.92. The summed E-state index contributed by atoms with van der Waals surface area (Å²) in [6, 6.07) is 6.57. The van der Waals surface area contributed by atoms with Crippen LogP contribution in [0.5, 0.6) is 0 Å². The van der Waals surface area contributed by atoms with Crippen LogP contribution in [0, 0.1) is 0 Å². The Balaban J connectivity index is 2.91. The fraction of sp³-hybridized carbons (Fsp3) is 0.429. The molecule has 0 radical (unpaired) electrons. The summed E-state index contributed by atoms with van der Waals surface area (Å²) in [6.45, 7) is 3.59. The molecule has 4 nitrogen and oxygen atoms in total. The van der Waals surface area contributed by atoms with Gasteiger partial charge in [0, 0.05) is 10.6 Å². The molecule has 0 bridgehead atoms. The van der Waals surface area contributed by atoms with Crippen LogP contribution in [0.2, 0.25) is 5.02 Å². The molecule has 1 atom stereocenters. The smallest absolute Gasteiger partial charge is 0.331 e. The lowest BCUT2D eigenvalue weighted by Crippen LogP contribution is -2.52. The molecule has 0 saturated heterocycles. The molecule has 0 heterocycles. The van der Waals surface area contributed by atoms with E-state index in [2.05, 4.69) is 5.32 Å². The van der Waals surface area contributed by atoms with Crippen LogP contribution in [0.15, 0.2) is 24.3 Å². The van der Waals surface area contributed by atoms with Gasteiger partial charge in [-0.3, -0.25) is 4.79 Å². The van der Waals surface area contributed by atoms with Gasteiger partial charge in [0.25, 0.3) is 5.91 Å². The third-order valence-electron chi connectivity index (χ3n) is 2.86. The Bertz CT molecular complexity index is 476. The van der Waals surface area contributed by atoms with E-state index in [4.69, 9.17) is 16.3 Å². The first kappa shape index (κ1) is 15.5. The Morgan fingerprint density at radius 2 is 2.11 bits per heavy atom. The normalized spacial score (nSPS) is 13.5. The molecule has 0 fully saturated rings. The predicted molar refractivity (Wildman–Crippen MR) is 74.2 cm³/mol. The molecule has 1 aromatic carbocycles. The second-order valence-corrected chi connectivity index (χ2v) is 4.97. The van der Waals surface area contributed by atoms with Gasteiger partial charge >= 0.3 is 5.97 Å². The Morgan fingerprint density at radius 3 is 2.63 bits per heavy atom. The summed E-state index contributed by atoms with van der Waals surface area (Å²) in [5.41, 5.74) is -0.609. The number of hydrogen-bond donors (Lipinski definition) is 1. The maximum atomic E-state index is 12.1. The predicted octanol–water partition coefficient (Wildman–Crippen LogP) is 2.80. The topological polar surface area (TPSA) is 55.4 Å². The minimum atomic E-state index is -1.02. The minimum absolute atomic E-state index is 0.344. The van der Waals surface area contributed by atoms with Crippen LogP contribution in [0.3, 0.4) is 0 Å². The van der Waals surface area contributed by atoms with Gasteiger partial charge in [-0.25, -0.2) is 4.79 Å². The third kappa shape index (κ3) is 3.96. The van der Waals surface area contributed by atoms with Crippen LogP contribution in [-0.4, -0.2) is 24.5 Å². The molecule has 5 heteroatoms. The Labute approximate surface area is 118 Å². The van der Waals surface area contributed by atoms with Crippen LogP contribution in [0.25, 0.3) is 0 Å². The summed E-state index contributed by atoms with van der Waals surface area (Å²) in [5, 5.41) is 3.19. The summed E-state index contributed by atoms with van der Waals surface area (Å²) < 4.78 is 4.75. The van der Waals surface area contributed by atoms with Gasteiger partial charge in [-0.2, -0.15) is 0 Å². The van der Waals surface area contributed by atoms with Gasteiger partial charge in [0.05, 0.1) is 7.11 Å². The summed E-state index contributed by atoms with van der Waals surface area (Å²) in [5.74, 6) is -0.798. The van der Waals surface area contributed by atoms with Gasteiger partial charge < -0.3 is 10.1 Å². The van der Waals surface area contributed by atoms with Gasteiger partial charge in [-0.15, -0.1) is 0 Å². The number of carbonyl (C=O) groups excluding carboxylic acids is 2. The van der Waals surface area contributed by atoms with E-state index < -0.39 is 11.5 Å². The number of halogens is 1. The minimum Gasteiger partial charge on any atom is -0.467 e. The monoisotopic (exact) mass is 283 g/mol. The molecule has 0 aromatic heterocycles. The summed E-state index contributed by atoms with van der Waals surface area (Å²) in [7, 11) is 1.31. The molecule has 0 aliphatic carbocycles. The second kappa shape index (κ2) is 6.57. The number of amides is 1. The quantitative estimate of drug-likeness (QED) is 0.846. The standard InChI is InChI=1S/C14H18ClNO3/c1-4-8-14(2,13(18)19-3)16-12(17)10-6-5-7-11(15)9-10/h5-7,9H,4,8H2,1-3H3,(H,16,17). The van der Waals surface area contributed by atoms with E-state index >= 15 is 0 Å². The highest BCUT2D eigenvalue weighted by Gasteiger charge is 2.35. The summed E-state index contributed by atoms with van der Waals surface area (Å²) in [6.07, 6.45) is 1.26. The maximum absolute atomic E-state index is 12.1. The van der Waals surface area contributed by atoms with Crippen molar-refractivity contribution in [2.75, 3.05) is 7.11 Å². The molecule has 19 heavy (non-hydrogen) atoms. The number of carbonyl (C=O) groups is 2. The number of esters is 1. The van der Waals surface area contributed by atoms with Gasteiger partial charge in [-0.1, -0.05) is 31.0 Å². The number of ether oxygens (including phenoxy) is 1. The zero-order chi connectivity index (χ0) is 14.5. The lowest BCUT2D eigenvalue weighted by Gasteiger charge is -2.27. The highest BCUT2D eigenvalue weighted by molar-refractivity contribution is 6.31. The van der Waals surface area contributed by atoms with Gasteiger partial charge in [0.15, 0.2) is 0 Å². The zero-order valence-electron chi connectivity index (χ0n) is 11.3. The lowest BCUT2D eigenvalue weighted by molar-refractivity contribution is -0.147. The Morgan fingerprint density at radius 1 is 1.42 bits per heavy atom.